The van der Waals surface area contributed by atoms with E-state index in [1.807, 2.05) is 6.92 Å². The summed E-state index contributed by atoms with van der Waals surface area (Å²) < 4.78 is 5.68. The van der Waals surface area contributed by atoms with Crippen molar-refractivity contribution in [1.29, 1.82) is 0 Å². The van der Waals surface area contributed by atoms with E-state index in [4.69, 9.17) is 4.74 Å². The molecule has 0 atom stereocenters. The molecule has 0 radical (unpaired) electrons. The highest BCUT2D eigenvalue weighted by Gasteiger charge is 2.42. The smallest absolute Gasteiger partial charge is 0.196 e. The normalized spacial score (nSPS) is 24.9. The molecule has 0 saturated carbocycles. The second-order valence-electron chi connectivity index (χ2n) is 4.34. The summed E-state index contributed by atoms with van der Waals surface area (Å²) in [5.41, 5.74) is 0.0563. The molecule has 0 spiro atoms. The Morgan fingerprint density at radius 2 is 2.21 bits per heavy atom. The van der Waals surface area contributed by atoms with E-state index in [-0.39, 0.29) is 5.60 Å². The zero-order chi connectivity index (χ0) is 10.2. The zero-order valence-corrected chi connectivity index (χ0v) is 9.29. The first kappa shape index (κ1) is 9.77. The Balaban J connectivity index is 1.88. The van der Waals surface area contributed by atoms with E-state index in [0.717, 1.165) is 38.7 Å². The lowest BCUT2D eigenvalue weighted by atomic mass is 9.97. The average molecular weight is 197 g/mol. The highest BCUT2D eigenvalue weighted by atomic mass is 16.5. The summed E-state index contributed by atoms with van der Waals surface area (Å²) in [7, 11) is 2.10. The summed E-state index contributed by atoms with van der Waals surface area (Å²) in [5, 5.41) is 0. The first-order chi connectivity index (χ1) is 6.64. The first-order valence-corrected chi connectivity index (χ1v) is 5.29. The number of likely N-dealkylation sites (N-methyl/N-ethyl adjacent to an activating group) is 1. The Morgan fingerprint density at radius 3 is 2.71 bits per heavy atom. The summed E-state index contributed by atoms with van der Waals surface area (Å²) in [6.07, 6.45) is 0. The molecule has 2 rings (SSSR count). The van der Waals surface area contributed by atoms with Gasteiger partial charge in [-0.25, -0.2) is 0 Å². The number of guanidine groups is 1. The third kappa shape index (κ3) is 1.59. The molecule has 0 aromatic carbocycles. The first-order valence-electron chi connectivity index (χ1n) is 5.29. The van der Waals surface area contributed by atoms with Gasteiger partial charge in [-0.3, -0.25) is 4.99 Å². The molecule has 2 heterocycles. The third-order valence-electron chi connectivity index (χ3n) is 2.86. The van der Waals surface area contributed by atoms with Gasteiger partial charge in [0.15, 0.2) is 5.96 Å². The van der Waals surface area contributed by atoms with Crippen LogP contribution in [0.5, 0.6) is 0 Å². The zero-order valence-electron chi connectivity index (χ0n) is 9.29. The van der Waals surface area contributed by atoms with E-state index in [1.54, 1.807) is 0 Å². The number of hydrogen-bond donors (Lipinski definition) is 0. The van der Waals surface area contributed by atoms with Crippen LogP contribution in [0.3, 0.4) is 0 Å². The number of hydrogen-bond acceptors (Lipinski definition) is 4. The van der Waals surface area contributed by atoms with Crippen LogP contribution in [0.25, 0.3) is 0 Å². The van der Waals surface area contributed by atoms with Crippen molar-refractivity contribution >= 4 is 5.96 Å². The molecule has 4 nitrogen and oxygen atoms in total. The molecule has 0 bridgehead atoms. The van der Waals surface area contributed by atoms with E-state index in [2.05, 4.69) is 28.8 Å². The number of likely N-dealkylation sites (tertiary alicyclic amines) is 1. The summed E-state index contributed by atoms with van der Waals surface area (Å²) in [6.45, 7) is 8.96. The molecule has 1 fully saturated rings. The summed E-state index contributed by atoms with van der Waals surface area (Å²) in [6, 6.07) is 0. The van der Waals surface area contributed by atoms with Gasteiger partial charge in [0, 0.05) is 20.2 Å². The Morgan fingerprint density at radius 1 is 1.50 bits per heavy atom. The topological polar surface area (TPSA) is 28.1 Å². The van der Waals surface area contributed by atoms with Crippen LogP contribution >= 0.6 is 0 Å². The predicted molar refractivity (Wildman–Crippen MR) is 56.5 cm³/mol. The third-order valence-corrected chi connectivity index (χ3v) is 2.86. The molecule has 0 amide bonds. The molecule has 0 N–H and O–H groups in total. The molecule has 0 aromatic heterocycles. The monoisotopic (exact) mass is 197 g/mol. The van der Waals surface area contributed by atoms with Crippen molar-refractivity contribution in [2.45, 2.75) is 19.4 Å². The average Bonchev–Trinajstić information content (AvgIpc) is 2.47. The second kappa shape index (κ2) is 3.42. The minimum atomic E-state index is 0.0563. The highest BCUT2D eigenvalue weighted by Crippen LogP contribution is 2.26. The molecule has 80 valence electrons. The second-order valence-corrected chi connectivity index (χ2v) is 4.34. The molecule has 0 aliphatic carbocycles. The van der Waals surface area contributed by atoms with Gasteiger partial charge in [-0.2, -0.15) is 0 Å². The van der Waals surface area contributed by atoms with Crippen LogP contribution in [0.4, 0.5) is 0 Å². The van der Waals surface area contributed by atoms with Gasteiger partial charge in [0.2, 0.25) is 0 Å². The van der Waals surface area contributed by atoms with Crippen molar-refractivity contribution in [3.05, 3.63) is 0 Å². The summed E-state index contributed by atoms with van der Waals surface area (Å²) >= 11 is 0. The van der Waals surface area contributed by atoms with Gasteiger partial charge in [-0.05, 0) is 13.8 Å². The van der Waals surface area contributed by atoms with Crippen LogP contribution in [-0.2, 0) is 4.74 Å². The lowest BCUT2D eigenvalue weighted by Crippen LogP contribution is -2.64. The van der Waals surface area contributed by atoms with Gasteiger partial charge in [0.25, 0.3) is 0 Å². The number of aliphatic imine (C=N–C) groups is 1. The minimum absolute atomic E-state index is 0.0563. The fraction of sp³-hybridized carbons (Fsp3) is 0.900. The van der Waals surface area contributed by atoms with Crippen molar-refractivity contribution < 1.29 is 4.74 Å². The molecular weight excluding hydrogens is 178 g/mol. The quantitative estimate of drug-likeness (QED) is 0.641. The molecule has 4 heteroatoms. The van der Waals surface area contributed by atoms with Gasteiger partial charge in [0.1, 0.15) is 5.60 Å². The predicted octanol–water partition coefficient (Wildman–Crippen LogP) is 0.399. The van der Waals surface area contributed by atoms with Gasteiger partial charge in [-0.1, -0.05) is 0 Å². The largest absolute Gasteiger partial charge is 0.372 e. The fourth-order valence-corrected chi connectivity index (χ4v) is 2.20. The van der Waals surface area contributed by atoms with Crippen molar-refractivity contribution in [1.82, 2.24) is 9.80 Å². The maximum atomic E-state index is 5.68. The molecular formula is C10H19N3O. The highest BCUT2D eigenvalue weighted by molar-refractivity contribution is 5.82. The van der Waals surface area contributed by atoms with E-state index >= 15 is 0 Å². The molecule has 1 saturated heterocycles. The maximum absolute atomic E-state index is 5.68. The molecule has 0 aromatic rings. The van der Waals surface area contributed by atoms with Crippen molar-refractivity contribution in [3.63, 3.8) is 0 Å². The van der Waals surface area contributed by atoms with Gasteiger partial charge >= 0.3 is 0 Å². The number of rotatable bonds is 2. The lowest BCUT2D eigenvalue weighted by molar-refractivity contribution is -0.106. The Hall–Kier alpha value is -0.770. The standard InChI is InChI=1S/C10H19N3O/c1-4-14-10(2)7-13(8-10)9-11-5-6-12(9)3/h4-8H2,1-3H3. The lowest BCUT2D eigenvalue weighted by Gasteiger charge is -2.49. The number of nitrogens with zero attached hydrogens (tertiary/aromatic N) is 3. The van der Waals surface area contributed by atoms with Gasteiger partial charge in [-0.15, -0.1) is 0 Å². The summed E-state index contributed by atoms with van der Waals surface area (Å²) in [5.74, 6) is 1.14. The molecule has 2 aliphatic rings. The fourth-order valence-electron chi connectivity index (χ4n) is 2.20. The minimum Gasteiger partial charge on any atom is -0.372 e. The molecule has 0 unspecified atom stereocenters. The van der Waals surface area contributed by atoms with E-state index < -0.39 is 0 Å². The van der Waals surface area contributed by atoms with E-state index in [0.29, 0.717) is 0 Å². The molecule has 2 aliphatic heterocycles. The Labute approximate surface area is 85.5 Å². The van der Waals surface area contributed by atoms with Crippen LogP contribution in [0.1, 0.15) is 13.8 Å². The van der Waals surface area contributed by atoms with Crippen LogP contribution in [0.2, 0.25) is 0 Å². The summed E-state index contributed by atoms with van der Waals surface area (Å²) in [4.78, 5) is 8.99. The number of ether oxygens (including phenoxy) is 1. The SMILES string of the molecule is CCOC1(C)CN(C2=NCCN2C)C1. The van der Waals surface area contributed by atoms with Gasteiger partial charge < -0.3 is 14.5 Å². The Bertz CT molecular complexity index is 246. The van der Waals surface area contributed by atoms with Crippen LogP contribution in [-0.4, -0.2) is 61.2 Å². The van der Waals surface area contributed by atoms with E-state index in [9.17, 15) is 0 Å². The van der Waals surface area contributed by atoms with Crippen molar-refractivity contribution in [3.8, 4) is 0 Å². The molecule has 14 heavy (non-hydrogen) atoms. The van der Waals surface area contributed by atoms with Gasteiger partial charge in [0.05, 0.1) is 19.6 Å². The van der Waals surface area contributed by atoms with Crippen LogP contribution in [0, 0.1) is 0 Å². The van der Waals surface area contributed by atoms with Crippen molar-refractivity contribution in [2.24, 2.45) is 4.99 Å². The van der Waals surface area contributed by atoms with E-state index in [1.165, 1.54) is 0 Å². The van der Waals surface area contributed by atoms with Crippen molar-refractivity contribution in [2.75, 3.05) is 39.8 Å². The maximum Gasteiger partial charge on any atom is 0.196 e. The van der Waals surface area contributed by atoms with Crippen LogP contribution in [0.15, 0.2) is 4.99 Å². The van der Waals surface area contributed by atoms with Crippen LogP contribution < -0.4 is 0 Å². The Kier molecular flexibility index (Phi) is 2.39.